The summed E-state index contributed by atoms with van der Waals surface area (Å²) >= 11 is 0. The van der Waals surface area contributed by atoms with Crippen LogP contribution in [0.3, 0.4) is 0 Å². The maximum absolute atomic E-state index is 12.8. The third-order valence-corrected chi connectivity index (χ3v) is 11.1. The van der Waals surface area contributed by atoms with Gasteiger partial charge in [-0.2, -0.15) is 0 Å². The van der Waals surface area contributed by atoms with Gasteiger partial charge in [0.1, 0.15) is 13.2 Å². The summed E-state index contributed by atoms with van der Waals surface area (Å²) in [5.74, 6) is -0.944. The topological polar surface area (TPSA) is 78.9 Å². The van der Waals surface area contributed by atoms with Crippen molar-refractivity contribution in [3.05, 3.63) is 97.2 Å². The fourth-order valence-corrected chi connectivity index (χ4v) is 7.09. The Balaban J connectivity index is 4.43. The van der Waals surface area contributed by atoms with E-state index in [0.717, 1.165) is 122 Å². The zero-order valence-electron chi connectivity index (χ0n) is 42.2. The largest absolute Gasteiger partial charge is 0.462 e. The number of allylic oxidation sites excluding steroid dienone is 16. The molecule has 0 saturated carbocycles. The highest BCUT2D eigenvalue weighted by molar-refractivity contribution is 5.71. The average Bonchev–Trinajstić information content (AvgIpc) is 3.30. The minimum absolute atomic E-state index is 0.0967. The Kier molecular flexibility index (Phi) is 50.0. The van der Waals surface area contributed by atoms with Gasteiger partial charge in [-0.15, -0.1) is 0 Å². The SMILES string of the molecule is CC/C=C\C/C=C\C/C=C\C/C=C\CCCCCC(=O)OC(COC(=O)CCCCCCC/C=C\CCCCC)COC(=O)CCCCCCCCCCC/C=C\C/C=C\C/C=C\CC. The molecule has 6 nitrogen and oxygen atoms in total. The molecule has 6 heteroatoms. The summed E-state index contributed by atoms with van der Waals surface area (Å²) < 4.78 is 16.8. The van der Waals surface area contributed by atoms with Crippen LogP contribution in [-0.2, 0) is 28.6 Å². The standard InChI is InChI=1S/C59H98O6/c1-4-7-10-13-16-19-22-25-27-29-30-31-33-34-37-40-43-46-49-52-58(61)64-55-56(54-63-57(60)51-48-45-42-39-36-24-21-18-15-12-9-6-3)65-59(62)53-50-47-44-41-38-35-32-28-26-23-20-17-14-11-8-5-2/h7-8,10-11,16-21,25-28,35,38,56H,4-6,9,12-15,22-24,29-34,36-37,39-55H2,1-3H3/b10-7-,11-8-,19-16-,20-17-,21-18-,27-25-,28-26-,38-35-. The highest BCUT2D eigenvalue weighted by Crippen LogP contribution is 2.14. The summed E-state index contributed by atoms with van der Waals surface area (Å²) in [6, 6.07) is 0. The van der Waals surface area contributed by atoms with Crippen molar-refractivity contribution in [1.82, 2.24) is 0 Å². The van der Waals surface area contributed by atoms with E-state index in [-0.39, 0.29) is 37.5 Å². The molecule has 0 amide bonds. The Morgan fingerprint density at radius 3 is 0.969 bits per heavy atom. The van der Waals surface area contributed by atoms with Crippen molar-refractivity contribution in [2.75, 3.05) is 13.2 Å². The summed E-state index contributed by atoms with van der Waals surface area (Å²) in [4.78, 5) is 38.0. The van der Waals surface area contributed by atoms with Crippen LogP contribution in [0.1, 0.15) is 239 Å². The van der Waals surface area contributed by atoms with Crippen LogP contribution in [0, 0.1) is 0 Å². The maximum atomic E-state index is 12.8. The van der Waals surface area contributed by atoms with Crippen LogP contribution in [-0.4, -0.2) is 37.2 Å². The second-order valence-electron chi connectivity index (χ2n) is 17.4. The zero-order chi connectivity index (χ0) is 47.2. The molecule has 0 spiro atoms. The highest BCUT2D eigenvalue weighted by Gasteiger charge is 2.19. The van der Waals surface area contributed by atoms with Gasteiger partial charge in [0.25, 0.3) is 0 Å². The molecule has 0 aromatic heterocycles. The van der Waals surface area contributed by atoms with Gasteiger partial charge in [-0.05, 0) is 116 Å². The van der Waals surface area contributed by atoms with E-state index < -0.39 is 6.10 Å². The van der Waals surface area contributed by atoms with Crippen molar-refractivity contribution >= 4 is 17.9 Å². The summed E-state index contributed by atoms with van der Waals surface area (Å²) in [6.07, 6.45) is 69.6. The van der Waals surface area contributed by atoms with E-state index in [1.807, 2.05) is 0 Å². The van der Waals surface area contributed by atoms with Crippen LogP contribution in [0.15, 0.2) is 97.2 Å². The first-order valence-electron chi connectivity index (χ1n) is 26.7. The lowest BCUT2D eigenvalue weighted by Gasteiger charge is -2.18. The van der Waals surface area contributed by atoms with E-state index in [4.69, 9.17) is 14.2 Å². The van der Waals surface area contributed by atoms with E-state index in [1.165, 1.54) is 77.0 Å². The molecule has 1 atom stereocenters. The molecule has 0 aromatic carbocycles. The molecule has 0 aliphatic heterocycles. The first kappa shape index (κ1) is 61.3. The fraction of sp³-hybridized carbons (Fsp3) is 0.678. The van der Waals surface area contributed by atoms with Crippen LogP contribution < -0.4 is 0 Å². The maximum Gasteiger partial charge on any atom is 0.306 e. The number of carbonyl (C=O) groups excluding carboxylic acids is 3. The average molecular weight is 903 g/mol. The fourth-order valence-electron chi connectivity index (χ4n) is 7.09. The van der Waals surface area contributed by atoms with Crippen molar-refractivity contribution < 1.29 is 28.6 Å². The second kappa shape index (κ2) is 52.9. The molecule has 0 N–H and O–H groups in total. The number of carbonyl (C=O) groups is 3. The Labute approximate surface area is 400 Å². The van der Waals surface area contributed by atoms with Crippen LogP contribution in [0.4, 0.5) is 0 Å². The lowest BCUT2D eigenvalue weighted by atomic mass is 10.1. The van der Waals surface area contributed by atoms with Gasteiger partial charge >= 0.3 is 17.9 Å². The summed E-state index contributed by atoms with van der Waals surface area (Å²) in [5.41, 5.74) is 0. The van der Waals surface area contributed by atoms with Gasteiger partial charge in [0, 0.05) is 19.3 Å². The molecular formula is C59H98O6. The zero-order valence-corrected chi connectivity index (χ0v) is 42.2. The summed E-state index contributed by atoms with van der Waals surface area (Å²) in [5, 5.41) is 0. The third kappa shape index (κ3) is 51.2. The molecule has 0 bridgehead atoms. The predicted octanol–water partition coefficient (Wildman–Crippen LogP) is 17.8. The Hall–Kier alpha value is -3.67. The Bertz CT molecular complexity index is 1310. The molecule has 0 heterocycles. The van der Waals surface area contributed by atoms with Crippen molar-refractivity contribution in [2.24, 2.45) is 0 Å². The molecule has 0 rings (SSSR count). The molecule has 370 valence electrons. The number of hydrogen-bond donors (Lipinski definition) is 0. The van der Waals surface area contributed by atoms with Gasteiger partial charge in [-0.3, -0.25) is 14.4 Å². The number of unbranched alkanes of at least 4 members (excludes halogenated alkanes) is 20. The summed E-state index contributed by atoms with van der Waals surface area (Å²) in [6.45, 7) is 6.35. The van der Waals surface area contributed by atoms with Crippen molar-refractivity contribution in [2.45, 2.75) is 245 Å². The number of hydrogen-bond acceptors (Lipinski definition) is 6. The van der Waals surface area contributed by atoms with E-state index >= 15 is 0 Å². The molecule has 0 fully saturated rings. The normalized spacial score (nSPS) is 12.8. The third-order valence-electron chi connectivity index (χ3n) is 11.1. The first-order valence-corrected chi connectivity index (χ1v) is 26.7. The molecule has 0 aromatic rings. The van der Waals surface area contributed by atoms with Crippen LogP contribution in [0.2, 0.25) is 0 Å². The Morgan fingerprint density at radius 2 is 0.600 bits per heavy atom. The second-order valence-corrected chi connectivity index (χ2v) is 17.4. The minimum atomic E-state index is -0.800. The van der Waals surface area contributed by atoms with Gasteiger partial charge in [-0.25, -0.2) is 0 Å². The quantitative estimate of drug-likeness (QED) is 0.0262. The highest BCUT2D eigenvalue weighted by atomic mass is 16.6. The lowest BCUT2D eigenvalue weighted by Crippen LogP contribution is -2.30. The van der Waals surface area contributed by atoms with Crippen LogP contribution >= 0.6 is 0 Å². The van der Waals surface area contributed by atoms with Crippen molar-refractivity contribution in [1.29, 1.82) is 0 Å². The smallest absolute Gasteiger partial charge is 0.306 e. The molecule has 0 saturated heterocycles. The summed E-state index contributed by atoms with van der Waals surface area (Å²) in [7, 11) is 0. The first-order chi connectivity index (χ1) is 32.0. The van der Waals surface area contributed by atoms with Gasteiger partial charge in [0.05, 0.1) is 0 Å². The van der Waals surface area contributed by atoms with Crippen molar-refractivity contribution in [3.63, 3.8) is 0 Å². The van der Waals surface area contributed by atoms with Crippen LogP contribution in [0.25, 0.3) is 0 Å². The van der Waals surface area contributed by atoms with E-state index in [9.17, 15) is 14.4 Å². The monoisotopic (exact) mass is 903 g/mol. The minimum Gasteiger partial charge on any atom is -0.462 e. The molecule has 0 aliphatic carbocycles. The van der Waals surface area contributed by atoms with Gasteiger partial charge in [0.15, 0.2) is 6.10 Å². The molecule has 0 radical (unpaired) electrons. The number of esters is 3. The molecule has 0 aliphatic rings. The number of ether oxygens (including phenoxy) is 3. The van der Waals surface area contributed by atoms with Gasteiger partial charge < -0.3 is 14.2 Å². The van der Waals surface area contributed by atoms with Gasteiger partial charge in [-0.1, -0.05) is 201 Å². The lowest BCUT2D eigenvalue weighted by molar-refractivity contribution is -0.167. The molecule has 1 unspecified atom stereocenters. The molecular weight excluding hydrogens is 805 g/mol. The van der Waals surface area contributed by atoms with Gasteiger partial charge in [0.2, 0.25) is 0 Å². The van der Waals surface area contributed by atoms with Crippen molar-refractivity contribution in [3.8, 4) is 0 Å². The van der Waals surface area contributed by atoms with Crippen LogP contribution in [0.5, 0.6) is 0 Å². The van der Waals surface area contributed by atoms with E-state index in [2.05, 4.69) is 118 Å². The van der Waals surface area contributed by atoms with E-state index in [0.29, 0.717) is 12.8 Å². The van der Waals surface area contributed by atoms with E-state index in [1.54, 1.807) is 0 Å². The predicted molar refractivity (Wildman–Crippen MR) is 279 cm³/mol. The Morgan fingerprint density at radius 1 is 0.323 bits per heavy atom. The molecule has 65 heavy (non-hydrogen) atoms. The number of rotatable bonds is 47.